The molecule has 3 N–H and O–H groups in total. The van der Waals surface area contributed by atoms with E-state index in [1.54, 1.807) is 0 Å². The van der Waals surface area contributed by atoms with Gasteiger partial charge in [0, 0.05) is 13.1 Å². The van der Waals surface area contributed by atoms with Crippen molar-refractivity contribution < 1.29 is 14.4 Å². The lowest BCUT2D eigenvalue weighted by atomic mass is 9.99. The molecule has 7 nitrogen and oxygen atoms in total. The van der Waals surface area contributed by atoms with Crippen molar-refractivity contribution in [2.24, 2.45) is 0 Å². The zero-order valence-corrected chi connectivity index (χ0v) is 14.2. The van der Waals surface area contributed by atoms with Crippen LogP contribution in [-0.4, -0.2) is 42.5 Å². The van der Waals surface area contributed by atoms with Crippen molar-refractivity contribution in [2.45, 2.75) is 38.1 Å². The van der Waals surface area contributed by atoms with Crippen molar-refractivity contribution >= 4 is 18.0 Å². The quantitative estimate of drug-likeness (QED) is 0.431. The van der Waals surface area contributed by atoms with E-state index in [2.05, 4.69) is 28.1 Å². The SMILES string of the molecule is O=C(NCCCN1C(=O)CNC1=O)NC1CCCCc2ccccc21. The Balaban J connectivity index is 1.45. The molecule has 0 bridgehead atoms. The van der Waals surface area contributed by atoms with Gasteiger partial charge in [-0.2, -0.15) is 0 Å². The minimum absolute atomic E-state index is 0.0321. The van der Waals surface area contributed by atoms with Crippen molar-refractivity contribution in [1.82, 2.24) is 20.9 Å². The first-order valence-corrected chi connectivity index (χ1v) is 8.85. The van der Waals surface area contributed by atoms with Crippen LogP contribution in [0, 0.1) is 0 Å². The number of imide groups is 1. The summed E-state index contributed by atoms with van der Waals surface area (Å²) in [5.41, 5.74) is 2.51. The van der Waals surface area contributed by atoms with E-state index in [0.717, 1.165) is 25.7 Å². The first-order chi connectivity index (χ1) is 12.1. The van der Waals surface area contributed by atoms with Crippen LogP contribution in [0.3, 0.4) is 0 Å². The molecular formula is C18H24N4O3. The third-order valence-corrected chi connectivity index (χ3v) is 4.71. The summed E-state index contributed by atoms with van der Waals surface area (Å²) < 4.78 is 0. The molecule has 2 aliphatic rings. The van der Waals surface area contributed by atoms with Crippen LogP contribution in [-0.2, 0) is 11.2 Å². The van der Waals surface area contributed by atoms with Crippen LogP contribution in [0.1, 0.15) is 42.9 Å². The van der Waals surface area contributed by atoms with E-state index >= 15 is 0 Å². The largest absolute Gasteiger partial charge is 0.338 e. The highest BCUT2D eigenvalue weighted by molar-refractivity contribution is 6.01. The van der Waals surface area contributed by atoms with E-state index in [9.17, 15) is 14.4 Å². The lowest BCUT2D eigenvalue weighted by molar-refractivity contribution is -0.125. The number of urea groups is 2. The third-order valence-electron chi connectivity index (χ3n) is 4.71. The minimum atomic E-state index is -0.357. The Morgan fingerprint density at radius 1 is 1.24 bits per heavy atom. The van der Waals surface area contributed by atoms with Gasteiger partial charge in [0.15, 0.2) is 0 Å². The maximum Gasteiger partial charge on any atom is 0.324 e. The lowest BCUT2D eigenvalue weighted by Crippen LogP contribution is -2.40. The summed E-state index contributed by atoms with van der Waals surface area (Å²) in [6.07, 6.45) is 4.76. The third kappa shape index (κ3) is 4.29. The van der Waals surface area contributed by atoms with Gasteiger partial charge >= 0.3 is 12.1 Å². The molecule has 1 heterocycles. The molecule has 0 spiro atoms. The number of nitrogens with zero attached hydrogens (tertiary/aromatic N) is 1. The van der Waals surface area contributed by atoms with Gasteiger partial charge in [0.2, 0.25) is 5.91 Å². The van der Waals surface area contributed by atoms with Gasteiger partial charge in [0.1, 0.15) is 0 Å². The van der Waals surface area contributed by atoms with Crippen LogP contribution in [0.15, 0.2) is 24.3 Å². The Kier molecular flexibility index (Phi) is 5.53. The summed E-state index contributed by atoms with van der Waals surface area (Å²) >= 11 is 0. The number of hydrogen-bond donors (Lipinski definition) is 3. The molecule has 1 aromatic rings. The van der Waals surface area contributed by atoms with Crippen LogP contribution >= 0.6 is 0 Å². The van der Waals surface area contributed by atoms with Gasteiger partial charge in [-0.15, -0.1) is 0 Å². The standard InChI is InChI=1S/C18H24N4O3/c23-16-12-20-18(25)22(16)11-5-10-19-17(24)21-15-9-4-2-7-13-6-1-3-8-14(13)15/h1,3,6,8,15H,2,4-5,7,9-12H2,(H,20,25)(H2,19,21,24). The van der Waals surface area contributed by atoms with E-state index in [4.69, 9.17) is 0 Å². The number of nitrogens with one attached hydrogen (secondary N) is 3. The number of carbonyl (C=O) groups is 3. The summed E-state index contributed by atoms with van der Waals surface area (Å²) in [4.78, 5) is 36.2. The summed E-state index contributed by atoms with van der Waals surface area (Å²) in [6.45, 7) is 0.794. The molecule has 1 fully saturated rings. The average Bonchev–Trinajstić information content (AvgIpc) is 2.81. The first-order valence-electron chi connectivity index (χ1n) is 8.85. The van der Waals surface area contributed by atoms with E-state index in [1.165, 1.54) is 16.0 Å². The molecule has 0 saturated carbocycles. The smallest absolute Gasteiger partial charge is 0.324 e. The van der Waals surface area contributed by atoms with Crippen LogP contribution in [0.4, 0.5) is 9.59 Å². The van der Waals surface area contributed by atoms with Gasteiger partial charge in [-0.05, 0) is 36.8 Å². The van der Waals surface area contributed by atoms with Gasteiger partial charge in [0.05, 0.1) is 12.6 Å². The van der Waals surface area contributed by atoms with Crippen LogP contribution in [0.25, 0.3) is 0 Å². The monoisotopic (exact) mass is 344 g/mol. The van der Waals surface area contributed by atoms with E-state index in [-0.39, 0.29) is 30.6 Å². The molecule has 25 heavy (non-hydrogen) atoms. The van der Waals surface area contributed by atoms with Gasteiger partial charge < -0.3 is 16.0 Å². The summed E-state index contributed by atoms with van der Waals surface area (Å²) in [5.74, 6) is -0.218. The number of rotatable bonds is 5. The molecule has 1 aromatic carbocycles. The number of hydrogen-bond acceptors (Lipinski definition) is 3. The number of benzene rings is 1. The van der Waals surface area contributed by atoms with E-state index < -0.39 is 0 Å². The second kappa shape index (κ2) is 8.00. The fourth-order valence-corrected chi connectivity index (χ4v) is 3.40. The molecule has 0 aromatic heterocycles. The van der Waals surface area contributed by atoms with Crippen molar-refractivity contribution in [3.8, 4) is 0 Å². The van der Waals surface area contributed by atoms with Crippen molar-refractivity contribution in [2.75, 3.05) is 19.6 Å². The topological polar surface area (TPSA) is 90.5 Å². The first kappa shape index (κ1) is 17.3. The van der Waals surface area contributed by atoms with E-state index in [0.29, 0.717) is 19.5 Å². The van der Waals surface area contributed by atoms with Gasteiger partial charge in [-0.25, -0.2) is 9.59 Å². The summed E-state index contributed by atoms with van der Waals surface area (Å²) in [5, 5.41) is 8.34. The second-order valence-electron chi connectivity index (χ2n) is 6.46. The molecule has 7 heteroatoms. The summed E-state index contributed by atoms with van der Waals surface area (Å²) in [7, 11) is 0. The zero-order chi connectivity index (χ0) is 17.6. The molecule has 1 unspecified atom stereocenters. The molecule has 1 atom stereocenters. The number of fused-ring (bicyclic) bond motifs is 1. The van der Waals surface area contributed by atoms with Crippen molar-refractivity contribution in [3.05, 3.63) is 35.4 Å². The number of amides is 5. The maximum atomic E-state index is 12.2. The fourth-order valence-electron chi connectivity index (χ4n) is 3.40. The van der Waals surface area contributed by atoms with Crippen molar-refractivity contribution in [3.63, 3.8) is 0 Å². The number of aryl methyl sites for hydroxylation is 1. The average molecular weight is 344 g/mol. The highest BCUT2D eigenvalue weighted by atomic mass is 16.2. The van der Waals surface area contributed by atoms with Gasteiger partial charge in [-0.3, -0.25) is 9.69 Å². The maximum absolute atomic E-state index is 12.2. The Labute approximate surface area is 147 Å². The predicted molar refractivity (Wildman–Crippen MR) is 93.0 cm³/mol. The minimum Gasteiger partial charge on any atom is -0.338 e. The van der Waals surface area contributed by atoms with E-state index in [1.807, 2.05) is 12.1 Å². The van der Waals surface area contributed by atoms with Crippen LogP contribution < -0.4 is 16.0 Å². The molecule has 0 radical (unpaired) electrons. The van der Waals surface area contributed by atoms with Gasteiger partial charge in [-0.1, -0.05) is 30.7 Å². The lowest BCUT2D eigenvalue weighted by Gasteiger charge is -2.20. The normalized spacial score (nSPS) is 19.8. The van der Waals surface area contributed by atoms with Crippen molar-refractivity contribution in [1.29, 1.82) is 0 Å². The highest BCUT2D eigenvalue weighted by Gasteiger charge is 2.27. The van der Waals surface area contributed by atoms with Crippen LogP contribution in [0.2, 0.25) is 0 Å². The molecule has 134 valence electrons. The highest BCUT2D eigenvalue weighted by Crippen LogP contribution is 2.28. The molecular weight excluding hydrogens is 320 g/mol. The molecule has 1 aliphatic heterocycles. The molecule has 5 amide bonds. The Morgan fingerprint density at radius 2 is 2.08 bits per heavy atom. The number of carbonyl (C=O) groups excluding carboxylic acids is 3. The summed E-state index contributed by atoms with van der Waals surface area (Å²) in [6, 6.07) is 7.73. The second-order valence-corrected chi connectivity index (χ2v) is 6.46. The Morgan fingerprint density at radius 3 is 2.88 bits per heavy atom. The fraction of sp³-hybridized carbons (Fsp3) is 0.500. The zero-order valence-electron chi connectivity index (χ0n) is 14.2. The molecule has 1 aliphatic carbocycles. The molecule has 1 saturated heterocycles. The van der Waals surface area contributed by atoms with Gasteiger partial charge in [0.25, 0.3) is 0 Å². The molecule has 3 rings (SSSR count). The predicted octanol–water partition coefficient (Wildman–Crippen LogP) is 1.70. The van der Waals surface area contributed by atoms with Crippen LogP contribution in [0.5, 0.6) is 0 Å². The Bertz CT molecular complexity index is 645. The Hall–Kier alpha value is -2.57.